The maximum atomic E-state index is 11.6. The van der Waals surface area contributed by atoms with Crippen molar-refractivity contribution in [2.45, 2.75) is 13.0 Å². The van der Waals surface area contributed by atoms with Crippen molar-refractivity contribution < 1.29 is 14.6 Å². The molecule has 4 nitrogen and oxygen atoms in total. The lowest BCUT2D eigenvalue weighted by Gasteiger charge is -2.10. The van der Waals surface area contributed by atoms with Crippen LogP contribution in [0.5, 0.6) is 0 Å². The molecule has 21 heavy (non-hydrogen) atoms. The molecule has 1 heterocycles. The minimum Gasteiger partial charge on any atom is -0.464 e. The molecule has 0 radical (unpaired) electrons. The van der Waals surface area contributed by atoms with Gasteiger partial charge in [0.05, 0.1) is 29.0 Å². The van der Waals surface area contributed by atoms with Gasteiger partial charge in [0.25, 0.3) is 0 Å². The molecule has 1 aromatic carbocycles. The standard InChI is InChI=1S/C15H13Cl2NO3/c1-8(19)9-3-4-10(12(17)7-9)13-6-5-11(16)14(18-13)15(20)21-2/h3-8,19H,1-2H3. The predicted octanol–water partition coefficient (Wildman–Crippen LogP) is 3.90. The van der Waals surface area contributed by atoms with E-state index in [0.29, 0.717) is 21.8 Å². The third-order valence-electron chi connectivity index (χ3n) is 2.98. The summed E-state index contributed by atoms with van der Waals surface area (Å²) in [5, 5.41) is 10.2. The van der Waals surface area contributed by atoms with Gasteiger partial charge in [-0.2, -0.15) is 0 Å². The molecule has 0 aliphatic rings. The third kappa shape index (κ3) is 3.35. The fourth-order valence-corrected chi connectivity index (χ4v) is 2.30. The largest absolute Gasteiger partial charge is 0.464 e. The summed E-state index contributed by atoms with van der Waals surface area (Å²) in [5.74, 6) is -0.612. The van der Waals surface area contributed by atoms with Crippen molar-refractivity contribution in [3.8, 4) is 11.3 Å². The number of carbonyl (C=O) groups excluding carboxylic acids is 1. The molecule has 0 amide bonds. The number of halogens is 2. The second kappa shape index (κ2) is 6.43. The van der Waals surface area contributed by atoms with E-state index >= 15 is 0 Å². The van der Waals surface area contributed by atoms with Crippen LogP contribution in [-0.2, 0) is 4.74 Å². The van der Waals surface area contributed by atoms with Crippen molar-refractivity contribution in [3.63, 3.8) is 0 Å². The van der Waals surface area contributed by atoms with Crippen molar-refractivity contribution in [3.05, 3.63) is 51.6 Å². The minimum atomic E-state index is -0.612. The number of aliphatic hydroxyl groups is 1. The summed E-state index contributed by atoms with van der Waals surface area (Å²) in [5.41, 5.74) is 1.88. The highest BCUT2D eigenvalue weighted by atomic mass is 35.5. The van der Waals surface area contributed by atoms with Crippen LogP contribution in [-0.4, -0.2) is 23.2 Å². The number of esters is 1. The fourth-order valence-electron chi connectivity index (χ4n) is 1.83. The number of aromatic nitrogens is 1. The highest BCUT2D eigenvalue weighted by Crippen LogP contribution is 2.30. The second-order valence-corrected chi connectivity index (χ2v) is 5.25. The van der Waals surface area contributed by atoms with Crippen LogP contribution in [0.3, 0.4) is 0 Å². The van der Waals surface area contributed by atoms with Crippen LogP contribution >= 0.6 is 23.2 Å². The van der Waals surface area contributed by atoms with Gasteiger partial charge >= 0.3 is 5.97 Å². The van der Waals surface area contributed by atoms with Crippen molar-refractivity contribution in [1.82, 2.24) is 4.98 Å². The van der Waals surface area contributed by atoms with E-state index in [1.165, 1.54) is 7.11 Å². The van der Waals surface area contributed by atoms with Gasteiger partial charge in [0, 0.05) is 5.56 Å². The zero-order valence-corrected chi connectivity index (χ0v) is 12.9. The number of hydrogen-bond donors (Lipinski definition) is 1. The van der Waals surface area contributed by atoms with Crippen molar-refractivity contribution in [2.24, 2.45) is 0 Å². The van der Waals surface area contributed by atoms with Gasteiger partial charge in [-0.1, -0.05) is 35.3 Å². The first kappa shape index (κ1) is 15.8. The summed E-state index contributed by atoms with van der Waals surface area (Å²) in [6, 6.07) is 8.38. The number of methoxy groups -OCH3 is 1. The summed E-state index contributed by atoms with van der Waals surface area (Å²) >= 11 is 12.1. The monoisotopic (exact) mass is 325 g/mol. The minimum absolute atomic E-state index is 0.0346. The average Bonchev–Trinajstić information content (AvgIpc) is 2.47. The van der Waals surface area contributed by atoms with E-state index in [-0.39, 0.29) is 10.7 Å². The summed E-state index contributed by atoms with van der Waals surface area (Å²) < 4.78 is 4.64. The molecule has 0 aliphatic carbocycles. The number of benzene rings is 1. The number of aliphatic hydroxyl groups excluding tert-OH is 1. The zero-order chi connectivity index (χ0) is 15.6. The van der Waals surface area contributed by atoms with Crippen LogP contribution < -0.4 is 0 Å². The Morgan fingerprint density at radius 2 is 1.95 bits per heavy atom. The highest BCUT2D eigenvalue weighted by molar-refractivity contribution is 6.34. The van der Waals surface area contributed by atoms with Gasteiger partial charge in [-0.15, -0.1) is 0 Å². The van der Waals surface area contributed by atoms with Crippen LogP contribution in [0.1, 0.15) is 29.1 Å². The SMILES string of the molecule is COC(=O)c1nc(-c2ccc(C(C)O)cc2Cl)ccc1Cl. The molecule has 0 spiro atoms. The molecule has 0 saturated heterocycles. The molecule has 0 aliphatic heterocycles. The Kier molecular flexibility index (Phi) is 4.83. The van der Waals surface area contributed by atoms with Gasteiger partial charge in [-0.25, -0.2) is 9.78 Å². The summed E-state index contributed by atoms with van der Waals surface area (Å²) in [6.07, 6.45) is -0.611. The van der Waals surface area contributed by atoms with Crippen LogP contribution in [0.25, 0.3) is 11.3 Å². The van der Waals surface area contributed by atoms with Crippen LogP contribution in [0.2, 0.25) is 10.0 Å². The molecule has 0 fully saturated rings. The molecule has 6 heteroatoms. The van der Waals surface area contributed by atoms with Gasteiger partial charge in [0.1, 0.15) is 0 Å². The molecule has 2 rings (SSSR count). The lowest BCUT2D eigenvalue weighted by Crippen LogP contribution is -2.06. The third-order valence-corrected chi connectivity index (χ3v) is 3.59. The fraction of sp³-hybridized carbons (Fsp3) is 0.200. The van der Waals surface area contributed by atoms with Gasteiger partial charge < -0.3 is 9.84 Å². The van der Waals surface area contributed by atoms with Gasteiger partial charge in [-0.3, -0.25) is 0 Å². The normalized spacial score (nSPS) is 12.0. The highest BCUT2D eigenvalue weighted by Gasteiger charge is 2.16. The smallest absolute Gasteiger partial charge is 0.358 e. The first-order valence-corrected chi connectivity index (χ1v) is 6.92. The van der Waals surface area contributed by atoms with Crippen molar-refractivity contribution in [1.29, 1.82) is 0 Å². The van der Waals surface area contributed by atoms with E-state index in [1.807, 2.05) is 0 Å². The maximum absolute atomic E-state index is 11.6. The topological polar surface area (TPSA) is 59.4 Å². The van der Waals surface area contributed by atoms with Gasteiger partial charge in [0.2, 0.25) is 0 Å². The predicted molar refractivity (Wildman–Crippen MR) is 81.7 cm³/mol. The van der Waals surface area contributed by atoms with Crippen LogP contribution in [0.4, 0.5) is 0 Å². The summed E-state index contributed by atoms with van der Waals surface area (Å²) in [7, 11) is 1.26. The molecule has 1 aromatic heterocycles. The molecular formula is C15H13Cl2NO3. The summed E-state index contributed by atoms with van der Waals surface area (Å²) in [4.78, 5) is 15.8. The number of hydrogen-bond acceptors (Lipinski definition) is 4. The summed E-state index contributed by atoms with van der Waals surface area (Å²) in [6.45, 7) is 1.65. The number of pyridine rings is 1. The molecule has 1 atom stereocenters. The van der Waals surface area contributed by atoms with E-state index in [9.17, 15) is 9.90 Å². The Labute approximate surface area is 132 Å². The Bertz CT molecular complexity index is 687. The van der Waals surface area contributed by atoms with Gasteiger partial charge in [-0.05, 0) is 30.7 Å². The van der Waals surface area contributed by atoms with E-state index in [4.69, 9.17) is 23.2 Å². The molecular weight excluding hydrogens is 313 g/mol. The molecule has 0 saturated carbocycles. The van der Waals surface area contributed by atoms with E-state index in [1.54, 1.807) is 37.3 Å². The van der Waals surface area contributed by atoms with E-state index in [0.717, 1.165) is 0 Å². The Morgan fingerprint density at radius 1 is 1.24 bits per heavy atom. The van der Waals surface area contributed by atoms with E-state index < -0.39 is 12.1 Å². The lowest BCUT2D eigenvalue weighted by molar-refractivity contribution is 0.0594. The first-order chi connectivity index (χ1) is 9.93. The lowest BCUT2D eigenvalue weighted by atomic mass is 10.1. The Morgan fingerprint density at radius 3 is 2.52 bits per heavy atom. The quantitative estimate of drug-likeness (QED) is 0.869. The second-order valence-electron chi connectivity index (χ2n) is 4.43. The van der Waals surface area contributed by atoms with Crippen molar-refractivity contribution >= 4 is 29.2 Å². The number of ether oxygens (including phenoxy) is 1. The van der Waals surface area contributed by atoms with Crippen LogP contribution in [0, 0.1) is 0 Å². The average molecular weight is 326 g/mol. The molecule has 1 unspecified atom stereocenters. The zero-order valence-electron chi connectivity index (χ0n) is 11.4. The Hall–Kier alpha value is -1.62. The molecule has 0 bridgehead atoms. The van der Waals surface area contributed by atoms with Gasteiger partial charge in [0.15, 0.2) is 5.69 Å². The molecule has 1 N–H and O–H groups in total. The molecule has 2 aromatic rings. The number of nitrogens with zero attached hydrogens (tertiary/aromatic N) is 1. The maximum Gasteiger partial charge on any atom is 0.358 e. The Balaban J connectivity index is 2.50. The molecule has 110 valence electrons. The number of carbonyl (C=O) groups is 1. The number of rotatable bonds is 3. The van der Waals surface area contributed by atoms with Crippen LogP contribution in [0.15, 0.2) is 30.3 Å². The van der Waals surface area contributed by atoms with Crippen molar-refractivity contribution in [2.75, 3.05) is 7.11 Å². The first-order valence-electron chi connectivity index (χ1n) is 6.16. The van der Waals surface area contributed by atoms with E-state index in [2.05, 4.69) is 9.72 Å².